The van der Waals surface area contributed by atoms with Crippen molar-refractivity contribution < 1.29 is 23.9 Å². The van der Waals surface area contributed by atoms with Crippen LogP contribution in [0.2, 0.25) is 0 Å². The van der Waals surface area contributed by atoms with E-state index in [1.807, 2.05) is 39.0 Å². The standard InChI is InChI=1S/C29H33N5O5S/c1-5-23(35)33-12-6-7-19(16-33)31-27(36)26-25-24-22(10-11-30-28(24)40-26)34(29(37)32-25)21-9-8-20(15-18(21)4)39-14-13-38-17(2)3/h5,8-11,15,17,19H,1,6-7,12-14,16H2,2-4H3,(H,31,36)(H,32,37)/t19-/m1/s1. The minimum atomic E-state index is -0.366. The van der Waals surface area contributed by atoms with Gasteiger partial charge in [-0.05, 0) is 69.5 Å². The zero-order valence-electron chi connectivity index (χ0n) is 22.9. The Morgan fingerprint density at radius 1 is 1.27 bits per heavy atom. The molecule has 2 aliphatic rings. The molecule has 210 valence electrons. The lowest BCUT2D eigenvalue weighted by Crippen LogP contribution is -2.49. The summed E-state index contributed by atoms with van der Waals surface area (Å²) in [6.07, 6.45) is 4.63. The average molecular weight is 564 g/mol. The maximum absolute atomic E-state index is 13.5. The number of urea groups is 1. The number of carbonyl (C=O) groups is 3. The molecule has 4 heterocycles. The monoisotopic (exact) mass is 563 g/mol. The van der Waals surface area contributed by atoms with Gasteiger partial charge in [-0.25, -0.2) is 9.78 Å². The first-order valence-electron chi connectivity index (χ1n) is 13.4. The molecule has 0 unspecified atom stereocenters. The summed E-state index contributed by atoms with van der Waals surface area (Å²) in [5.74, 6) is 0.249. The van der Waals surface area contributed by atoms with Crippen molar-refractivity contribution in [2.75, 3.05) is 36.5 Å². The Balaban J connectivity index is 1.39. The zero-order chi connectivity index (χ0) is 28.4. The van der Waals surface area contributed by atoms with Crippen LogP contribution >= 0.6 is 11.3 Å². The summed E-state index contributed by atoms with van der Waals surface area (Å²) < 4.78 is 11.3. The number of rotatable bonds is 9. The second kappa shape index (κ2) is 11.6. The lowest BCUT2D eigenvalue weighted by atomic mass is 10.1. The first-order chi connectivity index (χ1) is 19.3. The summed E-state index contributed by atoms with van der Waals surface area (Å²) in [5.41, 5.74) is 2.67. The van der Waals surface area contributed by atoms with E-state index in [-0.39, 0.29) is 30.0 Å². The van der Waals surface area contributed by atoms with E-state index in [2.05, 4.69) is 22.2 Å². The van der Waals surface area contributed by atoms with Crippen molar-refractivity contribution in [3.8, 4) is 5.75 Å². The van der Waals surface area contributed by atoms with Gasteiger partial charge < -0.3 is 25.0 Å². The summed E-state index contributed by atoms with van der Waals surface area (Å²) >= 11 is 1.24. The van der Waals surface area contributed by atoms with E-state index >= 15 is 0 Å². The van der Waals surface area contributed by atoms with Crippen LogP contribution in [0.15, 0.2) is 43.1 Å². The molecule has 2 aliphatic heterocycles. The number of carbonyl (C=O) groups excluding carboxylic acids is 3. The van der Waals surface area contributed by atoms with Crippen molar-refractivity contribution in [3.05, 3.63) is 53.6 Å². The number of anilines is 3. The first-order valence-corrected chi connectivity index (χ1v) is 14.2. The Hall–Kier alpha value is -3.96. The topological polar surface area (TPSA) is 113 Å². The molecule has 0 spiro atoms. The number of benzene rings is 1. The minimum absolute atomic E-state index is 0.141. The van der Waals surface area contributed by atoms with Crippen LogP contribution in [-0.2, 0) is 9.53 Å². The van der Waals surface area contributed by atoms with E-state index in [4.69, 9.17) is 9.47 Å². The number of nitrogens with one attached hydrogen (secondary N) is 2. The minimum Gasteiger partial charge on any atom is -0.491 e. The number of thiophene rings is 1. The van der Waals surface area contributed by atoms with Gasteiger partial charge in [0.2, 0.25) is 5.91 Å². The van der Waals surface area contributed by atoms with Crippen molar-refractivity contribution in [2.45, 2.75) is 45.8 Å². The van der Waals surface area contributed by atoms with E-state index in [0.717, 1.165) is 23.8 Å². The van der Waals surface area contributed by atoms with E-state index in [0.29, 0.717) is 58.8 Å². The molecule has 0 saturated carbocycles. The molecule has 0 aliphatic carbocycles. The Morgan fingerprint density at radius 3 is 2.85 bits per heavy atom. The Bertz CT molecular complexity index is 1470. The number of aromatic nitrogens is 1. The summed E-state index contributed by atoms with van der Waals surface area (Å²) in [7, 11) is 0. The third-order valence-corrected chi connectivity index (χ3v) is 8.00. The predicted molar refractivity (Wildman–Crippen MR) is 156 cm³/mol. The fourth-order valence-electron chi connectivity index (χ4n) is 5.07. The van der Waals surface area contributed by atoms with Crippen LogP contribution in [-0.4, -0.2) is 66.2 Å². The van der Waals surface area contributed by atoms with Crippen LogP contribution in [0.25, 0.3) is 10.2 Å². The van der Waals surface area contributed by atoms with Crippen molar-refractivity contribution >= 4 is 56.5 Å². The molecule has 5 rings (SSSR count). The third kappa shape index (κ3) is 5.52. The van der Waals surface area contributed by atoms with Crippen LogP contribution in [0.1, 0.15) is 41.9 Å². The molecule has 2 aromatic heterocycles. The molecule has 2 N–H and O–H groups in total. The van der Waals surface area contributed by atoms with Gasteiger partial charge in [-0.1, -0.05) is 6.58 Å². The Morgan fingerprint density at radius 2 is 2.10 bits per heavy atom. The van der Waals surface area contributed by atoms with Gasteiger partial charge >= 0.3 is 6.03 Å². The summed E-state index contributed by atoms with van der Waals surface area (Å²) in [6.45, 7) is 11.4. The van der Waals surface area contributed by atoms with Crippen LogP contribution in [0, 0.1) is 6.92 Å². The first kappa shape index (κ1) is 27.6. The number of pyridine rings is 1. The molecule has 40 heavy (non-hydrogen) atoms. The van der Waals surface area contributed by atoms with Gasteiger partial charge in [0.1, 0.15) is 22.1 Å². The Kier molecular flexibility index (Phi) is 8.04. The second-order valence-electron chi connectivity index (χ2n) is 10.1. The number of hydrogen-bond acceptors (Lipinski definition) is 7. The molecule has 0 bridgehead atoms. The molecule has 4 amide bonds. The number of likely N-dealkylation sites (tertiary alicyclic amines) is 1. The normalized spacial score (nSPS) is 16.7. The quantitative estimate of drug-likeness (QED) is 0.280. The van der Waals surface area contributed by atoms with Gasteiger partial charge in [-0.2, -0.15) is 0 Å². The molecule has 1 aromatic carbocycles. The highest BCUT2D eigenvalue weighted by Crippen LogP contribution is 2.46. The molecular formula is C29H33N5O5S. The average Bonchev–Trinajstić information content (AvgIpc) is 3.31. The molecular weight excluding hydrogens is 530 g/mol. The fourth-order valence-corrected chi connectivity index (χ4v) is 6.09. The molecule has 11 heteroatoms. The van der Waals surface area contributed by atoms with E-state index in [1.54, 1.807) is 22.1 Å². The van der Waals surface area contributed by atoms with Gasteiger partial charge in [-0.15, -0.1) is 11.3 Å². The number of nitrogens with zero attached hydrogens (tertiary/aromatic N) is 3. The molecule has 3 aromatic rings. The van der Waals surface area contributed by atoms with E-state index < -0.39 is 0 Å². The second-order valence-corrected chi connectivity index (χ2v) is 11.1. The van der Waals surface area contributed by atoms with Gasteiger partial charge in [-0.3, -0.25) is 14.5 Å². The van der Waals surface area contributed by atoms with E-state index in [9.17, 15) is 14.4 Å². The molecule has 1 atom stereocenters. The Labute approximate surface area is 236 Å². The highest BCUT2D eigenvalue weighted by atomic mass is 32.1. The number of ether oxygens (including phenoxy) is 2. The largest absolute Gasteiger partial charge is 0.491 e. The van der Waals surface area contributed by atoms with Crippen molar-refractivity contribution in [3.63, 3.8) is 0 Å². The van der Waals surface area contributed by atoms with E-state index in [1.165, 1.54) is 17.4 Å². The summed E-state index contributed by atoms with van der Waals surface area (Å²) in [5, 5.41) is 6.71. The van der Waals surface area contributed by atoms with Gasteiger partial charge in [0, 0.05) is 25.3 Å². The molecule has 0 radical (unpaired) electrons. The smallest absolute Gasteiger partial charge is 0.331 e. The lowest BCUT2D eigenvalue weighted by Gasteiger charge is -2.32. The van der Waals surface area contributed by atoms with Crippen LogP contribution in [0.4, 0.5) is 21.9 Å². The number of piperidine rings is 1. The number of amides is 4. The van der Waals surface area contributed by atoms with Gasteiger partial charge in [0.25, 0.3) is 5.91 Å². The summed E-state index contributed by atoms with van der Waals surface area (Å²) in [4.78, 5) is 47.8. The highest BCUT2D eigenvalue weighted by Gasteiger charge is 2.34. The maximum atomic E-state index is 13.5. The summed E-state index contributed by atoms with van der Waals surface area (Å²) in [6, 6.07) is 6.80. The fraction of sp³-hybridized carbons (Fsp3) is 0.379. The third-order valence-electron chi connectivity index (χ3n) is 6.91. The van der Waals surface area contributed by atoms with Crippen LogP contribution in [0.5, 0.6) is 5.75 Å². The maximum Gasteiger partial charge on any atom is 0.331 e. The van der Waals surface area contributed by atoms with Crippen LogP contribution < -0.4 is 20.3 Å². The van der Waals surface area contributed by atoms with Crippen molar-refractivity contribution in [1.82, 2.24) is 15.2 Å². The SMILES string of the molecule is C=CC(=O)N1CCC[C@@H](NC(=O)c2sc3nccc4c3c2NC(=O)N4c2ccc(OCCOC(C)C)cc2C)C1. The molecule has 1 saturated heterocycles. The van der Waals surface area contributed by atoms with Crippen molar-refractivity contribution in [1.29, 1.82) is 0 Å². The molecule has 1 fully saturated rings. The highest BCUT2D eigenvalue weighted by molar-refractivity contribution is 7.21. The van der Waals surface area contributed by atoms with Crippen LogP contribution in [0.3, 0.4) is 0 Å². The predicted octanol–water partition coefficient (Wildman–Crippen LogP) is 5.00. The lowest BCUT2D eigenvalue weighted by molar-refractivity contribution is -0.127. The van der Waals surface area contributed by atoms with Crippen molar-refractivity contribution in [2.24, 2.45) is 0 Å². The number of aryl methyl sites for hydroxylation is 1. The number of hydrogen-bond donors (Lipinski definition) is 2. The van der Waals surface area contributed by atoms with Gasteiger partial charge in [0.15, 0.2) is 0 Å². The zero-order valence-corrected chi connectivity index (χ0v) is 23.7. The molecule has 10 nitrogen and oxygen atoms in total. The van der Waals surface area contributed by atoms with Gasteiger partial charge in [0.05, 0.1) is 35.2 Å².